The Morgan fingerprint density at radius 2 is 1.78 bits per heavy atom. The van der Waals surface area contributed by atoms with Crippen LogP contribution in [-0.4, -0.2) is 11.1 Å². The highest BCUT2D eigenvalue weighted by Gasteiger charge is 2.10. The molecule has 0 saturated heterocycles. The van der Waals surface area contributed by atoms with Crippen molar-refractivity contribution in [3.05, 3.63) is 69.6 Å². The zero-order valence-corrected chi connectivity index (χ0v) is 12.7. The fraction of sp³-hybridized carbons (Fsp3) is 0.111. The topological polar surface area (TPSA) is 79.5 Å². The lowest BCUT2D eigenvalue weighted by Crippen LogP contribution is -2.03. The van der Waals surface area contributed by atoms with Gasteiger partial charge in [0.15, 0.2) is 0 Å². The average molecular weight is 309 g/mol. The molecule has 0 fully saturated rings. The van der Waals surface area contributed by atoms with Gasteiger partial charge in [-0.2, -0.15) is 0 Å². The van der Waals surface area contributed by atoms with Crippen molar-refractivity contribution in [1.29, 1.82) is 0 Å². The molecule has 0 aliphatic carbocycles. The molecule has 0 spiro atoms. The van der Waals surface area contributed by atoms with Crippen LogP contribution in [0.3, 0.4) is 0 Å². The largest absolute Gasteiger partial charge is 0.478 e. The number of benzene rings is 2. The van der Waals surface area contributed by atoms with Crippen LogP contribution in [0.2, 0.25) is 0 Å². The molecule has 1 heterocycles. The quantitative estimate of drug-likeness (QED) is 0.718. The van der Waals surface area contributed by atoms with Crippen molar-refractivity contribution in [3.63, 3.8) is 0 Å². The van der Waals surface area contributed by atoms with Crippen molar-refractivity contribution in [2.24, 2.45) is 0 Å². The summed E-state index contributed by atoms with van der Waals surface area (Å²) >= 11 is 0. The Hall–Kier alpha value is -3.08. The first-order chi connectivity index (χ1) is 11.0. The third-order valence-electron chi connectivity index (χ3n) is 3.84. The van der Waals surface area contributed by atoms with Crippen LogP contribution in [0.25, 0.3) is 11.0 Å². The lowest BCUT2D eigenvalue weighted by atomic mass is 10.1. The van der Waals surface area contributed by atoms with Gasteiger partial charge >= 0.3 is 11.6 Å². The van der Waals surface area contributed by atoms with E-state index in [1.165, 1.54) is 18.2 Å². The number of carbonyl (C=O) groups is 1. The van der Waals surface area contributed by atoms with Crippen LogP contribution < -0.4 is 10.9 Å². The number of anilines is 2. The van der Waals surface area contributed by atoms with Gasteiger partial charge in [0.1, 0.15) is 5.58 Å². The Morgan fingerprint density at radius 3 is 2.43 bits per heavy atom. The monoisotopic (exact) mass is 309 g/mol. The normalized spacial score (nSPS) is 10.7. The Bertz CT molecular complexity index is 955. The van der Waals surface area contributed by atoms with Crippen LogP contribution in [0.15, 0.2) is 51.7 Å². The molecular formula is C18H15NO4. The van der Waals surface area contributed by atoms with Gasteiger partial charge in [-0.25, -0.2) is 9.59 Å². The first-order valence-corrected chi connectivity index (χ1v) is 7.10. The standard InChI is InChI=1S/C18H15NO4/c1-10-3-8-14-15(9-16(20)23-17(14)11(10)2)19-13-6-4-12(5-7-13)18(21)22/h3-9,19H,1-2H3,(H,21,22). The Balaban J connectivity index is 2.08. The first kappa shape index (κ1) is 14.8. The second kappa shape index (κ2) is 5.61. The molecule has 23 heavy (non-hydrogen) atoms. The summed E-state index contributed by atoms with van der Waals surface area (Å²) in [6, 6.07) is 11.6. The molecule has 1 aromatic heterocycles. The van der Waals surface area contributed by atoms with Crippen molar-refractivity contribution in [2.75, 3.05) is 5.32 Å². The molecular weight excluding hydrogens is 294 g/mol. The summed E-state index contributed by atoms with van der Waals surface area (Å²) in [5.74, 6) is -0.978. The van der Waals surface area contributed by atoms with Crippen LogP contribution in [0.5, 0.6) is 0 Å². The van der Waals surface area contributed by atoms with Gasteiger partial charge in [-0.3, -0.25) is 0 Å². The molecule has 0 radical (unpaired) electrons. The third kappa shape index (κ3) is 2.81. The van der Waals surface area contributed by atoms with Crippen molar-refractivity contribution in [3.8, 4) is 0 Å². The second-order valence-corrected chi connectivity index (χ2v) is 5.37. The van der Waals surface area contributed by atoms with Crippen LogP contribution in [0.1, 0.15) is 21.5 Å². The van der Waals surface area contributed by atoms with E-state index in [9.17, 15) is 9.59 Å². The van der Waals surface area contributed by atoms with Crippen molar-refractivity contribution >= 4 is 28.3 Å². The van der Waals surface area contributed by atoms with Gasteiger partial charge in [0.2, 0.25) is 0 Å². The summed E-state index contributed by atoms with van der Waals surface area (Å²) in [7, 11) is 0. The molecule has 0 bridgehead atoms. The lowest BCUT2D eigenvalue weighted by molar-refractivity contribution is 0.0697. The molecule has 0 saturated carbocycles. The van der Waals surface area contributed by atoms with Crippen molar-refractivity contribution < 1.29 is 14.3 Å². The number of nitrogens with one attached hydrogen (secondary N) is 1. The van der Waals surface area contributed by atoms with E-state index in [1.54, 1.807) is 12.1 Å². The molecule has 5 nitrogen and oxygen atoms in total. The molecule has 0 atom stereocenters. The Morgan fingerprint density at radius 1 is 1.09 bits per heavy atom. The van der Waals surface area contributed by atoms with Crippen molar-refractivity contribution in [1.82, 2.24) is 0 Å². The highest BCUT2D eigenvalue weighted by Crippen LogP contribution is 2.28. The average Bonchev–Trinajstić information content (AvgIpc) is 2.52. The predicted molar refractivity (Wildman–Crippen MR) is 88.6 cm³/mol. The minimum absolute atomic E-state index is 0.208. The van der Waals surface area contributed by atoms with Crippen LogP contribution >= 0.6 is 0 Å². The van der Waals surface area contributed by atoms with E-state index < -0.39 is 11.6 Å². The van der Waals surface area contributed by atoms with Gasteiger partial charge in [0, 0.05) is 17.1 Å². The van der Waals surface area contributed by atoms with Gasteiger partial charge in [-0.15, -0.1) is 0 Å². The number of hydrogen-bond acceptors (Lipinski definition) is 4. The van der Waals surface area contributed by atoms with E-state index in [0.717, 1.165) is 16.5 Å². The van der Waals surface area contributed by atoms with E-state index >= 15 is 0 Å². The highest BCUT2D eigenvalue weighted by atomic mass is 16.4. The zero-order chi connectivity index (χ0) is 16.6. The number of rotatable bonds is 3. The Labute approximate surface area is 132 Å². The van der Waals surface area contributed by atoms with Gasteiger partial charge in [-0.1, -0.05) is 6.07 Å². The minimum atomic E-state index is -0.978. The SMILES string of the molecule is Cc1ccc2c(Nc3ccc(C(=O)O)cc3)cc(=O)oc2c1C. The molecule has 0 unspecified atom stereocenters. The molecule has 0 aliphatic rings. The molecule has 2 N–H and O–H groups in total. The van der Waals surface area contributed by atoms with Gasteiger partial charge in [-0.05, 0) is 55.3 Å². The van der Waals surface area contributed by atoms with Gasteiger partial charge in [0.25, 0.3) is 0 Å². The fourth-order valence-corrected chi connectivity index (χ4v) is 2.41. The minimum Gasteiger partial charge on any atom is -0.478 e. The van der Waals surface area contributed by atoms with Crippen LogP contribution in [0.4, 0.5) is 11.4 Å². The van der Waals surface area contributed by atoms with E-state index in [0.29, 0.717) is 17.0 Å². The summed E-state index contributed by atoms with van der Waals surface area (Å²) in [4.78, 5) is 22.7. The summed E-state index contributed by atoms with van der Waals surface area (Å²) in [6.07, 6.45) is 0. The molecule has 0 amide bonds. The van der Waals surface area contributed by atoms with Gasteiger partial charge in [0.05, 0.1) is 11.3 Å². The lowest BCUT2D eigenvalue weighted by Gasteiger charge is -2.11. The van der Waals surface area contributed by atoms with Gasteiger partial charge < -0.3 is 14.8 Å². The van der Waals surface area contributed by atoms with Crippen molar-refractivity contribution in [2.45, 2.75) is 13.8 Å². The summed E-state index contributed by atoms with van der Waals surface area (Å²) in [5, 5.41) is 12.9. The molecule has 0 aliphatic heterocycles. The maximum atomic E-state index is 11.8. The molecule has 3 aromatic rings. The highest BCUT2D eigenvalue weighted by molar-refractivity contribution is 5.94. The third-order valence-corrected chi connectivity index (χ3v) is 3.84. The number of carboxylic acid groups (broad SMARTS) is 1. The van der Waals surface area contributed by atoms with E-state index in [4.69, 9.17) is 9.52 Å². The van der Waals surface area contributed by atoms with E-state index in [2.05, 4.69) is 5.32 Å². The maximum Gasteiger partial charge on any atom is 0.338 e. The number of aryl methyl sites for hydroxylation is 2. The Kier molecular flexibility index (Phi) is 3.62. The molecule has 5 heteroatoms. The molecule has 2 aromatic carbocycles. The number of carboxylic acids is 1. The molecule has 116 valence electrons. The zero-order valence-electron chi connectivity index (χ0n) is 12.7. The number of hydrogen-bond donors (Lipinski definition) is 2. The summed E-state index contributed by atoms with van der Waals surface area (Å²) < 4.78 is 5.33. The van der Waals surface area contributed by atoms with Crippen LogP contribution in [-0.2, 0) is 0 Å². The predicted octanol–water partition coefficient (Wildman–Crippen LogP) is 3.85. The number of aromatic carboxylic acids is 1. The maximum absolute atomic E-state index is 11.8. The molecule has 3 rings (SSSR count). The fourth-order valence-electron chi connectivity index (χ4n) is 2.41. The second-order valence-electron chi connectivity index (χ2n) is 5.37. The number of fused-ring (bicyclic) bond motifs is 1. The van der Waals surface area contributed by atoms with E-state index in [1.807, 2.05) is 26.0 Å². The summed E-state index contributed by atoms with van der Waals surface area (Å²) in [5.41, 5.74) is 3.62. The van der Waals surface area contributed by atoms with E-state index in [-0.39, 0.29) is 5.56 Å². The van der Waals surface area contributed by atoms with Crippen LogP contribution in [0, 0.1) is 13.8 Å². The smallest absolute Gasteiger partial charge is 0.338 e. The first-order valence-electron chi connectivity index (χ1n) is 7.10. The summed E-state index contributed by atoms with van der Waals surface area (Å²) in [6.45, 7) is 3.87.